The van der Waals surface area contributed by atoms with Crippen LogP contribution in [-0.2, 0) is 0 Å². The molecule has 0 aliphatic rings. The predicted molar refractivity (Wildman–Crippen MR) is 107 cm³/mol. The van der Waals surface area contributed by atoms with E-state index in [1.807, 2.05) is 55.5 Å². The normalized spacial score (nSPS) is 11.3. The molecule has 4 aromatic rings. The molecular formula is C18H14ClN7S. The summed E-state index contributed by atoms with van der Waals surface area (Å²) < 4.78 is 3.54. The number of para-hydroxylation sites is 1. The first kappa shape index (κ1) is 17.3. The monoisotopic (exact) mass is 395 g/mol. The molecule has 0 bridgehead atoms. The SMILES string of the molecule is Cc1nn(-c2ccccc2)c(Cl)c1C=Nn1c(-c2ccccn2)n[nH]c1=S. The molecule has 0 saturated carbocycles. The average molecular weight is 396 g/mol. The molecule has 0 unspecified atom stereocenters. The number of hydrogen-bond acceptors (Lipinski definition) is 5. The van der Waals surface area contributed by atoms with Crippen LogP contribution in [0.4, 0.5) is 0 Å². The molecule has 0 atom stereocenters. The number of halogens is 1. The Hall–Kier alpha value is -3.10. The lowest BCUT2D eigenvalue weighted by Gasteiger charge is -2.02. The number of H-pyrrole nitrogens is 1. The first-order chi connectivity index (χ1) is 13.1. The smallest absolute Gasteiger partial charge is 0.216 e. The Balaban J connectivity index is 1.74. The minimum Gasteiger partial charge on any atom is -0.253 e. The van der Waals surface area contributed by atoms with Crippen LogP contribution in [0.1, 0.15) is 11.3 Å². The molecule has 0 aliphatic heterocycles. The van der Waals surface area contributed by atoms with Gasteiger partial charge >= 0.3 is 0 Å². The van der Waals surface area contributed by atoms with E-state index < -0.39 is 0 Å². The van der Waals surface area contributed by atoms with Crippen LogP contribution in [-0.4, -0.2) is 35.9 Å². The quantitative estimate of drug-likeness (QED) is 0.418. The van der Waals surface area contributed by atoms with Crippen LogP contribution >= 0.6 is 23.8 Å². The van der Waals surface area contributed by atoms with Crippen LogP contribution in [0.2, 0.25) is 5.15 Å². The molecule has 1 aromatic carbocycles. The molecule has 0 aliphatic carbocycles. The van der Waals surface area contributed by atoms with Crippen LogP contribution in [0, 0.1) is 11.7 Å². The van der Waals surface area contributed by atoms with Gasteiger partial charge < -0.3 is 0 Å². The molecule has 1 N–H and O–H groups in total. The Morgan fingerprint density at radius 3 is 2.67 bits per heavy atom. The second-order valence-electron chi connectivity index (χ2n) is 5.66. The summed E-state index contributed by atoms with van der Waals surface area (Å²) in [5.41, 5.74) is 2.99. The maximum atomic E-state index is 6.54. The van der Waals surface area contributed by atoms with Crippen molar-refractivity contribution in [1.82, 2.24) is 29.6 Å². The first-order valence-electron chi connectivity index (χ1n) is 8.09. The van der Waals surface area contributed by atoms with Crippen LogP contribution in [0.15, 0.2) is 59.8 Å². The molecule has 0 radical (unpaired) electrons. The van der Waals surface area contributed by atoms with E-state index in [9.17, 15) is 0 Å². The zero-order chi connectivity index (χ0) is 18.8. The second kappa shape index (κ2) is 7.26. The van der Waals surface area contributed by atoms with Gasteiger partial charge in [-0.15, -0.1) is 0 Å². The topological polar surface area (TPSA) is 76.7 Å². The number of rotatable bonds is 4. The second-order valence-corrected chi connectivity index (χ2v) is 6.41. The van der Waals surface area contributed by atoms with E-state index in [1.54, 1.807) is 17.1 Å². The zero-order valence-corrected chi connectivity index (χ0v) is 15.8. The first-order valence-corrected chi connectivity index (χ1v) is 8.87. The molecule has 3 aromatic heterocycles. The summed E-state index contributed by atoms with van der Waals surface area (Å²) in [5.74, 6) is 0.515. The standard InChI is InChI=1S/C18H14ClN7S/c1-12-14(16(19)25(24-12)13-7-3-2-4-8-13)11-21-26-17(22-23-18(26)27)15-9-5-6-10-20-15/h2-11H,1H3,(H,23,27). The van der Waals surface area contributed by atoms with Crippen molar-refractivity contribution in [3.63, 3.8) is 0 Å². The van der Waals surface area contributed by atoms with Crippen molar-refractivity contribution in [2.24, 2.45) is 5.10 Å². The van der Waals surface area contributed by atoms with Crippen molar-refractivity contribution in [2.75, 3.05) is 0 Å². The van der Waals surface area contributed by atoms with Crippen molar-refractivity contribution in [3.8, 4) is 17.2 Å². The van der Waals surface area contributed by atoms with E-state index in [1.165, 1.54) is 4.68 Å². The van der Waals surface area contributed by atoms with Gasteiger partial charge in [0.15, 0.2) is 0 Å². The minimum absolute atomic E-state index is 0.358. The fraction of sp³-hybridized carbons (Fsp3) is 0.0556. The van der Waals surface area contributed by atoms with Gasteiger partial charge in [0.2, 0.25) is 10.6 Å². The molecule has 7 nitrogen and oxygen atoms in total. The number of benzene rings is 1. The van der Waals surface area contributed by atoms with Crippen molar-refractivity contribution in [1.29, 1.82) is 0 Å². The van der Waals surface area contributed by atoms with Gasteiger partial charge in [-0.2, -0.15) is 20.0 Å². The van der Waals surface area contributed by atoms with Gasteiger partial charge in [0.05, 0.1) is 23.2 Å². The fourth-order valence-electron chi connectivity index (χ4n) is 2.57. The highest BCUT2D eigenvalue weighted by atomic mass is 35.5. The molecule has 0 saturated heterocycles. The Kier molecular flexibility index (Phi) is 4.66. The number of aryl methyl sites for hydroxylation is 1. The molecular weight excluding hydrogens is 382 g/mol. The van der Waals surface area contributed by atoms with Crippen LogP contribution in [0.25, 0.3) is 17.2 Å². The maximum absolute atomic E-state index is 6.54. The summed E-state index contributed by atoms with van der Waals surface area (Å²) in [6, 6.07) is 15.2. The van der Waals surface area contributed by atoms with Crippen molar-refractivity contribution in [2.45, 2.75) is 6.92 Å². The van der Waals surface area contributed by atoms with Gasteiger partial charge in [0.25, 0.3) is 0 Å². The molecule has 9 heteroatoms. The largest absolute Gasteiger partial charge is 0.253 e. The van der Waals surface area contributed by atoms with E-state index in [4.69, 9.17) is 23.8 Å². The van der Waals surface area contributed by atoms with E-state index in [0.29, 0.717) is 27.0 Å². The maximum Gasteiger partial charge on any atom is 0.216 e. The summed E-state index contributed by atoms with van der Waals surface area (Å²) in [6.07, 6.45) is 3.31. The van der Waals surface area contributed by atoms with Gasteiger partial charge in [-0.05, 0) is 43.4 Å². The van der Waals surface area contributed by atoms with Crippen molar-refractivity contribution < 1.29 is 0 Å². The third-order valence-corrected chi connectivity index (χ3v) is 4.52. The third kappa shape index (κ3) is 3.32. The van der Waals surface area contributed by atoms with Gasteiger partial charge in [0.1, 0.15) is 10.8 Å². The van der Waals surface area contributed by atoms with Crippen LogP contribution in [0.3, 0.4) is 0 Å². The summed E-state index contributed by atoms with van der Waals surface area (Å²) in [7, 11) is 0. The number of aromatic amines is 1. The minimum atomic E-state index is 0.358. The third-order valence-electron chi connectivity index (χ3n) is 3.90. The predicted octanol–water partition coefficient (Wildman–Crippen LogP) is 4.03. The van der Waals surface area contributed by atoms with E-state index in [2.05, 4.69) is 25.4 Å². The number of nitrogens with one attached hydrogen (secondary N) is 1. The summed E-state index contributed by atoms with van der Waals surface area (Å²) in [4.78, 5) is 4.29. The molecule has 4 rings (SSSR count). The Morgan fingerprint density at radius 2 is 1.93 bits per heavy atom. The molecule has 27 heavy (non-hydrogen) atoms. The average Bonchev–Trinajstić information content (AvgIpc) is 3.21. The zero-order valence-electron chi connectivity index (χ0n) is 14.2. The highest BCUT2D eigenvalue weighted by Crippen LogP contribution is 2.22. The Morgan fingerprint density at radius 1 is 1.15 bits per heavy atom. The number of nitrogens with zero attached hydrogens (tertiary/aromatic N) is 6. The molecule has 0 amide bonds. The Labute approximate surface area is 165 Å². The highest BCUT2D eigenvalue weighted by molar-refractivity contribution is 7.71. The van der Waals surface area contributed by atoms with Crippen LogP contribution in [0.5, 0.6) is 0 Å². The number of pyridine rings is 1. The van der Waals surface area contributed by atoms with Gasteiger partial charge in [0, 0.05) is 6.20 Å². The number of hydrogen-bond donors (Lipinski definition) is 1. The van der Waals surface area contributed by atoms with E-state index in [0.717, 1.165) is 11.4 Å². The summed E-state index contributed by atoms with van der Waals surface area (Å²) >= 11 is 11.8. The van der Waals surface area contributed by atoms with E-state index in [-0.39, 0.29) is 0 Å². The molecule has 0 fully saturated rings. The summed E-state index contributed by atoms with van der Waals surface area (Å²) in [5, 5.41) is 16.4. The molecule has 134 valence electrons. The molecule has 0 spiro atoms. The lowest BCUT2D eigenvalue weighted by Crippen LogP contribution is -1.97. The van der Waals surface area contributed by atoms with Crippen molar-refractivity contribution in [3.05, 3.63) is 75.9 Å². The lowest BCUT2D eigenvalue weighted by molar-refractivity contribution is 0.863. The lowest BCUT2D eigenvalue weighted by atomic mass is 10.3. The molecule has 3 heterocycles. The van der Waals surface area contributed by atoms with Gasteiger partial charge in [-0.25, -0.2) is 9.78 Å². The highest BCUT2D eigenvalue weighted by Gasteiger charge is 2.14. The fourth-order valence-corrected chi connectivity index (χ4v) is 3.07. The van der Waals surface area contributed by atoms with Crippen molar-refractivity contribution >= 4 is 30.0 Å². The number of aromatic nitrogens is 6. The summed E-state index contributed by atoms with van der Waals surface area (Å²) in [6.45, 7) is 1.88. The Bertz CT molecular complexity index is 1160. The van der Waals surface area contributed by atoms with Crippen LogP contribution < -0.4 is 0 Å². The van der Waals surface area contributed by atoms with Gasteiger partial charge in [-0.1, -0.05) is 35.9 Å². The van der Waals surface area contributed by atoms with E-state index >= 15 is 0 Å². The van der Waals surface area contributed by atoms with Gasteiger partial charge in [-0.3, -0.25) is 4.98 Å².